The van der Waals surface area contributed by atoms with Gasteiger partial charge >= 0.3 is 0 Å². The molecule has 0 N–H and O–H groups in total. The third kappa shape index (κ3) is 1.23. The SMILES string of the molecule is C1=CN2Cc3cc4cn5ccccc5c4cc3C2=CC1. The molecular weight excluding hydrogens is 244 g/mol. The van der Waals surface area contributed by atoms with E-state index < -0.39 is 0 Å². The van der Waals surface area contributed by atoms with Gasteiger partial charge in [-0.05, 0) is 36.2 Å². The zero-order valence-electron chi connectivity index (χ0n) is 11.1. The van der Waals surface area contributed by atoms with Gasteiger partial charge in [-0.3, -0.25) is 0 Å². The Kier molecular flexibility index (Phi) is 1.83. The second-order valence-corrected chi connectivity index (χ2v) is 5.56. The number of aromatic nitrogens is 1. The van der Waals surface area contributed by atoms with Crippen molar-refractivity contribution >= 4 is 22.0 Å². The lowest BCUT2D eigenvalue weighted by molar-refractivity contribution is 0.546. The van der Waals surface area contributed by atoms with E-state index in [-0.39, 0.29) is 0 Å². The maximum Gasteiger partial charge on any atom is 0.0528 e. The standard InChI is InChI=1S/C18H14N2/c1-3-7-19-11-13-9-14-12-20-8-4-2-6-18(20)16(14)10-15(13)17(19)5-1/h1,3-11H,2,12H2. The van der Waals surface area contributed by atoms with Crippen molar-refractivity contribution in [1.82, 2.24) is 9.30 Å². The van der Waals surface area contributed by atoms with E-state index in [2.05, 4.69) is 70.4 Å². The lowest BCUT2D eigenvalue weighted by Crippen LogP contribution is -2.08. The molecule has 20 heavy (non-hydrogen) atoms. The smallest absolute Gasteiger partial charge is 0.0528 e. The van der Waals surface area contributed by atoms with Crippen molar-refractivity contribution in [2.45, 2.75) is 13.0 Å². The summed E-state index contributed by atoms with van der Waals surface area (Å²) in [7, 11) is 0. The van der Waals surface area contributed by atoms with Gasteiger partial charge in [0.05, 0.1) is 5.52 Å². The number of benzene rings is 1. The average Bonchev–Trinajstić information content (AvgIpc) is 3.02. The predicted octanol–water partition coefficient (Wildman–Crippen LogP) is 4.17. The van der Waals surface area contributed by atoms with E-state index in [4.69, 9.17) is 0 Å². The summed E-state index contributed by atoms with van der Waals surface area (Å²) in [5, 5.41) is 2.68. The molecule has 2 aromatic heterocycles. The molecule has 96 valence electrons. The van der Waals surface area contributed by atoms with Gasteiger partial charge in [0.15, 0.2) is 0 Å². The van der Waals surface area contributed by atoms with Gasteiger partial charge in [0.2, 0.25) is 0 Å². The van der Waals surface area contributed by atoms with Crippen LogP contribution in [0.15, 0.2) is 61.1 Å². The number of allylic oxidation sites excluding steroid dienone is 2. The predicted molar refractivity (Wildman–Crippen MR) is 82.2 cm³/mol. The van der Waals surface area contributed by atoms with Crippen molar-refractivity contribution in [3.05, 3.63) is 72.2 Å². The first-order valence-corrected chi connectivity index (χ1v) is 7.06. The summed E-state index contributed by atoms with van der Waals surface area (Å²) in [6.45, 7) is 1.000. The molecule has 0 saturated heterocycles. The van der Waals surface area contributed by atoms with Crippen molar-refractivity contribution < 1.29 is 0 Å². The summed E-state index contributed by atoms with van der Waals surface area (Å²) < 4.78 is 2.22. The van der Waals surface area contributed by atoms with E-state index in [1.54, 1.807) is 0 Å². The topological polar surface area (TPSA) is 7.65 Å². The summed E-state index contributed by atoms with van der Waals surface area (Å²) in [6.07, 6.45) is 12.2. The van der Waals surface area contributed by atoms with Gasteiger partial charge in [-0.15, -0.1) is 0 Å². The number of hydrogen-bond acceptors (Lipinski definition) is 1. The lowest BCUT2D eigenvalue weighted by Gasteiger charge is -2.17. The average molecular weight is 258 g/mol. The Hall–Kier alpha value is -2.48. The van der Waals surface area contributed by atoms with E-state index in [9.17, 15) is 0 Å². The summed E-state index contributed by atoms with van der Waals surface area (Å²) in [6, 6.07) is 11.1. The molecular formula is C18H14N2. The van der Waals surface area contributed by atoms with E-state index >= 15 is 0 Å². The first-order chi connectivity index (χ1) is 9.90. The number of nitrogens with zero attached hydrogens (tertiary/aromatic N) is 2. The molecule has 2 nitrogen and oxygen atoms in total. The van der Waals surface area contributed by atoms with Crippen LogP contribution in [0.5, 0.6) is 0 Å². The molecule has 2 aliphatic rings. The summed E-state index contributed by atoms with van der Waals surface area (Å²) in [5.74, 6) is 0. The molecule has 3 aromatic rings. The molecule has 0 amide bonds. The van der Waals surface area contributed by atoms with Crippen LogP contribution in [0, 0.1) is 0 Å². The Morgan fingerprint density at radius 1 is 1.10 bits per heavy atom. The molecule has 0 unspecified atom stereocenters. The van der Waals surface area contributed by atoms with E-state index in [0.29, 0.717) is 0 Å². The van der Waals surface area contributed by atoms with Crippen LogP contribution in [0.1, 0.15) is 17.5 Å². The zero-order valence-corrected chi connectivity index (χ0v) is 11.1. The number of pyridine rings is 1. The molecule has 1 aromatic carbocycles. The van der Waals surface area contributed by atoms with Crippen LogP contribution >= 0.6 is 0 Å². The normalized spacial score (nSPS) is 16.6. The molecule has 0 fully saturated rings. The Morgan fingerprint density at radius 3 is 3.10 bits per heavy atom. The van der Waals surface area contributed by atoms with E-state index in [1.807, 2.05) is 0 Å². The fourth-order valence-electron chi connectivity index (χ4n) is 3.46. The maximum absolute atomic E-state index is 2.37. The minimum absolute atomic E-state index is 1.000. The van der Waals surface area contributed by atoms with Gasteiger partial charge < -0.3 is 9.30 Å². The van der Waals surface area contributed by atoms with Gasteiger partial charge in [-0.2, -0.15) is 0 Å². The zero-order chi connectivity index (χ0) is 13.1. The molecule has 4 heterocycles. The highest BCUT2D eigenvalue weighted by Crippen LogP contribution is 2.38. The first-order valence-electron chi connectivity index (χ1n) is 7.06. The molecule has 5 rings (SSSR count). The second-order valence-electron chi connectivity index (χ2n) is 5.56. The molecule has 0 bridgehead atoms. The number of hydrogen-bond donors (Lipinski definition) is 0. The Balaban J connectivity index is 1.85. The van der Waals surface area contributed by atoms with E-state index in [0.717, 1.165) is 13.0 Å². The Labute approximate surface area is 117 Å². The van der Waals surface area contributed by atoms with Crippen LogP contribution < -0.4 is 0 Å². The van der Waals surface area contributed by atoms with Crippen LogP contribution in [0.4, 0.5) is 0 Å². The van der Waals surface area contributed by atoms with Crippen LogP contribution in [-0.4, -0.2) is 9.30 Å². The minimum atomic E-state index is 1.000. The summed E-state index contributed by atoms with van der Waals surface area (Å²) >= 11 is 0. The molecule has 0 spiro atoms. The lowest BCUT2D eigenvalue weighted by atomic mass is 10.0. The third-order valence-corrected chi connectivity index (χ3v) is 4.38. The van der Waals surface area contributed by atoms with E-state index in [1.165, 1.54) is 33.1 Å². The molecule has 2 heteroatoms. The van der Waals surface area contributed by atoms with Crippen LogP contribution in [0.25, 0.3) is 22.0 Å². The number of rotatable bonds is 0. The van der Waals surface area contributed by atoms with Crippen molar-refractivity contribution in [2.75, 3.05) is 0 Å². The Morgan fingerprint density at radius 2 is 2.10 bits per heavy atom. The fraction of sp³-hybridized carbons (Fsp3) is 0.111. The van der Waals surface area contributed by atoms with Gasteiger partial charge in [-0.25, -0.2) is 0 Å². The first kappa shape index (κ1) is 10.3. The van der Waals surface area contributed by atoms with Gasteiger partial charge in [0.25, 0.3) is 0 Å². The highest BCUT2D eigenvalue weighted by molar-refractivity contribution is 6.00. The van der Waals surface area contributed by atoms with Crippen LogP contribution in [0.3, 0.4) is 0 Å². The maximum atomic E-state index is 2.37. The van der Waals surface area contributed by atoms with Crippen molar-refractivity contribution in [1.29, 1.82) is 0 Å². The van der Waals surface area contributed by atoms with Crippen molar-refractivity contribution in [3.63, 3.8) is 0 Å². The van der Waals surface area contributed by atoms with Gasteiger partial charge in [0, 0.05) is 47.2 Å². The summed E-state index contributed by atoms with van der Waals surface area (Å²) in [4.78, 5) is 2.35. The van der Waals surface area contributed by atoms with Gasteiger partial charge in [0.1, 0.15) is 0 Å². The molecule has 0 aliphatic carbocycles. The minimum Gasteiger partial charge on any atom is -0.344 e. The Bertz CT molecular complexity index is 912. The second kappa shape index (κ2) is 3.54. The highest BCUT2D eigenvalue weighted by atomic mass is 15.1. The van der Waals surface area contributed by atoms with Crippen molar-refractivity contribution in [2.24, 2.45) is 0 Å². The molecule has 2 aliphatic heterocycles. The highest BCUT2D eigenvalue weighted by Gasteiger charge is 2.24. The van der Waals surface area contributed by atoms with Crippen LogP contribution in [0.2, 0.25) is 0 Å². The largest absolute Gasteiger partial charge is 0.344 e. The number of fused-ring (bicyclic) bond motifs is 6. The van der Waals surface area contributed by atoms with Crippen molar-refractivity contribution in [3.8, 4) is 0 Å². The fourth-order valence-corrected chi connectivity index (χ4v) is 3.46. The molecule has 0 radical (unpaired) electrons. The molecule has 0 atom stereocenters. The molecule has 0 saturated carbocycles. The van der Waals surface area contributed by atoms with Crippen LogP contribution in [-0.2, 0) is 6.54 Å². The monoisotopic (exact) mass is 258 g/mol. The third-order valence-electron chi connectivity index (χ3n) is 4.38. The van der Waals surface area contributed by atoms with Gasteiger partial charge in [-0.1, -0.05) is 18.2 Å². The quantitative estimate of drug-likeness (QED) is 0.587. The summed E-state index contributed by atoms with van der Waals surface area (Å²) in [5.41, 5.74) is 5.50.